The van der Waals surface area contributed by atoms with Crippen LogP contribution in [0.3, 0.4) is 0 Å². The molecule has 1 aromatic carbocycles. The van der Waals surface area contributed by atoms with Gasteiger partial charge in [0.15, 0.2) is 0 Å². The zero-order valence-electron chi connectivity index (χ0n) is 7.51. The van der Waals surface area contributed by atoms with Crippen molar-refractivity contribution in [3.05, 3.63) is 27.2 Å². The van der Waals surface area contributed by atoms with E-state index >= 15 is 0 Å². The third-order valence-electron chi connectivity index (χ3n) is 1.56. The van der Waals surface area contributed by atoms with Gasteiger partial charge in [-0.1, -0.05) is 23.8 Å². The smallest absolute Gasteiger partial charge is 0.143 e. The number of hydrogen-bond acceptors (Lipinski definition) is 2. The average molecular weight is 295 g/mol. The molecule has 0 aromatic heterocycles. The number of thiocarbonyl (C=S) groups is 1. The lowest BCUT2D eigenvalue weighted by atomic mass is 10.2. The first-order valence-electron chi connectivity index (χ1n) is 3.98. The van der Waals surface area contributed by atoms with Crippen LogP contribution in [0.1, 0.15) is 12.5 Å². The van der Waals surface area contributed by atoms with Gasteiger partial charge in [0.1, 0.15) is 10.7 Å². The molecule has 14 heavy (non-hydrogen) atoms. The van der Waals surface area contributed by atoms with Gasteiger partial charge in [-0.05, 0) is 35.0 Å². The first-order chi connectivity index (χ1) is 6.56. The predicted molar refractivity (Wildman–Crippen MR) is 66.2 cm³/mol. The molecule has 0 atom stereocenters. The number of rotatable bonds is 3. The van der Waals surface area contributed by atoms with Crippen LogP contribution in [0.25, 0.3) is 0 Å². The maximum Gasteiger partial charge on any atom is 0.143 e. The van der Waals surface area contributed by atoms with E-state index in [9.17, 15) is 0 Å². The fourth-order valence-electron chi connectivity index (χ4n) is 1.03. The lowest BCUT2D eigenvalue weighted by Crippen LogP contribution is -2.12. The molecule has 1 rings (SSSR count). The third-order valence-corrected chi connectivity index (χ3v) is 2.59. The van der Waals surface area contributed by atoms with Crippen molar-refractivity contribution >= 4 is 44.7 Å². The lowest BCUT2D eigenvalue weighted by molar-refractivity contribution is 0.337. The molecule has 0 bridgehead atoms. The van der Waals surface area contributed by atoms with E-state index in [0.717, 1.165) is 4.47 Å². The van der Waals surface area contributed by atoms with Gasteiger partial charge in [-0.3, -0.25) is 0 Å². The highest BCUT2D eigenvalue weighted by atomic mass is 79.9. The van der Waals surface area contributed by atoms with Gasteiger partial charge < -0.3 is 10.5 Å². The Balaban J connectivity index is 3.28. The molecule has 0 aliphatic carbocycles. The zero-order valence-corrected chi connectivity index (χ0v) is 10.7. The molecule has 1 aromatic rings. The summed E-state index contributed by atoms with van der Waals surface area (Å²) in [6, 6.07) is 3.44. The molecular formula is C9H9BrClNOS. The fourth-order valence-corrected chi connectivity index (χ4v) is 2.11. The second-order valence-electron chi connectivity index (χ2n) is 2.56. The molecule has 0 fully saturated rings. The van der Waals surface area contributed by atoms with Crippen molar-refractivity contribution in [3.8, 4) is 5.75 Å². The van der Waals surface area contributed by atoms with E-state index in [-0.39, 0.29) is 4.99 Å². The van der Waals surface area contributed by atoms with Crippen molar-refractivity contribution in [2.75, 3.05) is 6.61 Å². The largest absolute Gasteiger partial charge is 0.492 e. The normalized spacial score (nSPS) is 9.93. The van der Waals surface area contributed by atoms with E-state index < -0.39 is 0 Å². The molecule has 0 saturated carbocycles. The van der Waals surface area contributed by atoms with Gasteiger partial charge in [0, 0.05) is 5.02 Å². The van der Waals surface area contributed by atoms with E-state index in [0.29, 0.717) is 22.9 Å². The van der Waals surface area contributed by atoms with Crippen LogP contribution in [-0.4, -0.2) is 11.6 Å². The molecule has 0 amide bonds. The van der Waals surface area contributed by atoms with E-state index in [1.807, 2.05) is 6.92 Å². The molecule has 2 nitrogen and oxygen atoms in total. The number of ether oxygens (including phenoxy) is 1. The Morgan fingerprint density at radius 1 is 1.64 bits per heavy atom. The van der Waals surface area contributed by atoms with Crippen molar-refractivity contribution in [1.29, 1.82) is 0 Å². The number of hydrogen-bond donors (Lipinski definition) is 1. The fraction of sp³-hybridized carbons (Fsp3) is 0.222. The first-order valence-corrected chi connectivity index (χ1v) is 5.55. The summed E-state index contributed by atoms with van der Waals surface area (Å²) in [7, 11) is 0. The minimum Gasteiger partial charge on any atom is -0.492 e. The van der Waals surface area contributed by atoms with Crippen LogP contribution in [0, 0.1) is 0 Å². The average Bonchev–Trinajstić information content (AvgIpc) is 2.09. The summed E-state index contributed by atoms with van der Waals surface area (Å²) in [6.07, 6.45) is 0. The van der Waals surface area contributed by atoms with Crippen LogP contribution in [-0.2, 0) is 0 Å². The standard InChI is InChI=1S/C9H9BrClNOS/c1-2-13-8-6(9(12)14)3-5(11)4-7(8)10/h3-4H,2H2,1H3,(H2,12,14). The van der Waals surface area contributed by atoms with Gasteiger partial charge in [0.05, 0.1) is 16.6 Å². The Morgan fingerprint density at radius 3 is 2.79 bits per heavy atom. The topological polar surface area (TPSA) is 35.2 Å². The molecule has 0 heterocycles. The number of nitrogens with two attached hydrogens (primary N) is 1. The van der Waals surface area contributed by atoms with Gasteiger partial charge in [-0.2, -0.15) is 0 Å². The maximum atomic E-state index is 5.87. The second kappa shape index (κ2) is 4.96. The molecular weight excluding hydrogens is 286 g/mol. The van der Waals surface area contributed by atoms with E-state index in [1.54, 1.807) is 12.1 Å². The van der Waals surface area contributed by atoms with Crippen molar-refractivity contribution in [2.24, 2.45) is 5.73 Å². The van der Waals surface area contributed by atoms with Crippen LogP contribution >= 0.6 is 39.7 Å². The van der Waals surface area contributed by atoms with Gasteiger partial charge in [0.25, 0.3) is 0 Å². The molecule has 0 aliphatic rings. The van der Waals surface area contributed by atoms with Crippen molar-refractivity contribution in [1.82, 2.24) is 0 Å². The quantitative estimate of drug-likeness (QED) is 0.870. The Bertz CT molecular complexity index is 370. The molecule has 0 unspecified atom stereocenters. The van der Waals surface area contributed by atoms with Gasteiger partial charge in [0.2, 0.25) is 0 Å². The van der Waals surface area contributed by atoms with Crippen LogP contribution < -0.4 is 10.5 Å². The molecule has 0 aliphatic heterocycles. The van der Waals surface area contributed by atoms with Crippen molar-refractivity contribution in [3.63, 3.8) is 0 Å². The summed E-state index contributed by atoms with van der Waals surface area (Å²) in [5, 5.41) is 0.572. The molecule has 76 valence electrons. The van der Waals surface area contributed by atoms with Gasteiger partial charge >= 0.3 is 0 Å². The number of halogens is 2. The summed E-state index contributed by atoms with van der Waals surface area (Å²) in [4.78, 5) is 0.275. The van der Waals surface area contributed by atoms with E-state index in [2.05, 4.69) is 15.9 Å². The maximum absolute atomic E-state index is 5.87. The summed E-state index contributed by atoms with van der Waals surface area (Å²) in [5.41, 5.74) is 6.21. The van der Waals surface area contributed by atoms with Crippen molar-refractivity contribution in [2.45, 2.75) is 6.92 Å². The summed E-state index contributed by atoms with van der Waals surface area (Å²) < 4.78 is 6.17. The number of benzene rings is 1. The van der Waals surface area contributed by atoms with Gasteiger partial charge in [-0.25, -0.2) is 0 Å². The zero-order chi connectivity index (χ0) is 10.7. The third kappa shape index (κ3) is 2.59. The molecule has 5 heteroatoms. The summed E-state index contributed by atoms with van der Waals surface area (Å²) in [5.74, 6) is 0.643. The van der Waals surface area contributed by atoms with Crippen molar-refractivity contribution < 1.29 is 4.74 Å². The molecule has 2 N–H and O–H groups in total. The monoisotopic (exact) mass is 293 g/mol. The Hall–Kier alpha value is -0.320. The highest BCUT2D eigenvalue weighted by Crippen LogP contribution is 2.32. The van der Waals surface area contributed by atoms with E-state index in [4.69, 9.17) is 34.3 Å². The minimum absolute atomic E-state index is 0.275. The Labute approximate surface area is 102 Å². The van der Waals surface area contributed by atoms with Crippen LogP contribution in [0.4, 0.5) is 0 Å². The Morgan fingerprint density at radius 2 is 2.29 bits per heavy atom. The summed E-state index contributed by atoms with van der Waals surface area (Å²) >= 11 is 14.1. The van der Waals surface area contributed by atoms with Crippen LogP contribution in [0.5, 0.6) is 5.75 Å². The second-order valence-corrected chi connectivity index (χ2v) is 4.29. The first kappa shape index (κ1) is 11.8. The lowest BCUT2D eigenvalue weighted by Gasteiger charge is -2.11. The minimum atomic E-state index is 0.275. The molecule has 0 spiro atoms. The predicted octanol–water partition coefficient (Wildman–Crippen LogP) is 3.14. The van der Waals surface area contributed by atoms with E-state index in [1.165, 1.54) is 0 Å². The SMILES string of the molecule is CCOc1c(Br)cc(Cl)cc1C(N)=S. The van der Waals surface area contributed by atoms with Crippen LogP contribution in [0.2, 0.25) is 5.02 Å². The highest BCUT2D eigenvalue weighted by molar-refractivity contribution is 9.10. The molecule has 0 saturated heterocycles. The Kier molecular flexibility index (Phi) is 4.16. The van der Waals surface area contributed by atoms with Crippen LogP contribution in [0.15, 0.2) is 16.6 Å². The van der Waals surface area contributed by atoms with Gasteiger partial charge in [-0.15, -0.1) is 0 Å². The highest BCUT2D eigenvalue weighted by Gasteiger charge is 2.11. The molecule has 0 radical (unpaired) electrons. The summed E-state index contributed by atoms with van der Waals surface area (Å²) in [6.45, 7) is 2.44.